The maximum atomic E-state index is 16.2. The molecule has 13 rings (SSSR count). The van der Waals surface area contributed by atoms with Gasteiger partial charge in [0.1, 0.15) is 47.6 Å². The third-order valence-corrected chi connectivity index (χ3v) is 18.4. The van der Waals surface area contributed by atoms with Crippen LogP contribution in [0.2, 0.25) is 0 Å². The molecular formula is C61H67FN12O7S. The van der Waals surface area contributed by atoms with Crippen molar-refractivity contribution < 1.29 is 38.4 Å². The Morgan fingerprint density at radius 3 is 2.43 bits per heavy atom. The Morgan fingerprint density at radius 2 is 1.73 bits per heavy atom. The van der Waals surface area contributed by atoms with E-state index in [0.717, 1.165) is 107 Å². The number of anilines is 1. The van der Waals surface area contributed by atoms with Crippen LogP contribution in [0.4, 0.5) is 10.2 Å². The first-order chi connectivity index (χ1) is 39.8. The molecule has 3 aliphatic heterocycles. The predicted octanol–water partition coefficient (Wildman–Crippen LogP) is 8.27. The number of aromatic amines is 1. The van der Waals surface area contributed by atoms with E-state index in [1.54, 1.807) is 36.4 Å². The van der Waals surface area contributed by atoms with E-state index in [2.05, 4.69) is 47.1 Å². The highest BCUT2D eigenvalue weighted by atomic mass is 32.1. The zero-order chi connectivity index (χ0) is 56.5. The molecule has 3 saturated heterocycles. The lowest BCUT2D eigenvalue weighted by molar-refractivity contribution is -0.142. The van der Waals surface area contributed by atoms with E-state index in [4.69, 9.17) is 24.2 Å². The fraction of sp³-hybridized carbons (Fsp3) is 0.443. The van der Waals surface area contributed by atoms with Crippen molar-refractivity contribution in [2.24, 2.45) is 5.92 Å². The summed E-state index contributed by atoms with van der Waals surface area (Å²) < 4.78 is 37.3. The van der Waals surface area contributed by atoms with Gasteiger partial charge in [0.25, 0.3) is 0 Å². The van der Waals surface area contributed by atoms with Gasteiger partial charge in [-0.2, -0.15) is 15.1 Å². The number of hydrogen-bond acceptors (Lipinski definition) is 16. The number of H-pyrrole nitrogens is 1. The number of carbonyl (C=O) groups is 2. The number of piperazine rings is 1. The monoisotopic (exact) mass is 1130 g/mol. The summed E-state index contributed by atoms with van der Waals surface area (Å²) >= 11 is 1.54. The van der Waals surface area contributed by atoms with Crippen LogP contribution in [0.1, 0.15) is 105 Å². The Bertz CT molecular complexity index is 3700. The SMILES string of the molecule is CO[C@@H]1CC[C@@H](Oc2nc(N3C[C@@H]4C[C@H]3CN4)c3cc(C4CC4)c(-c4c(C)c(F)cc5[nH]ncc45)c(OCc4ccc(-c5cn([C@H](C(=O)N6C[C@H](O)C[C@H]6C(=O)N[C@@H](CO)c6ccc(-c7scnc7C)cc6)C(C)C)nn5)cc4)c3n2)C1. The number of carbonyl (C=O) groups excluding carboxylic acids is 2. The number of hydrogen-bond donors (Lipinski definition) is 5. The summed E-state index contributed by atoms with van der Waals surface area (Å²) in [6.45, 7) is 8.97. The fourth-order valence-corrected chi connectivity index (χ4v) is 13.7. The van der Waals surface area contributed by atoms with Crippen LogP contribution in [-0.4, -0.2) is 137 Å². The minimum Gasteiger partial charge on any atom is -0.486 e. The van der Waals surface area contributed by atoms with E-state index in [0.29, 0.717) is 45.2 Å². The highest BCUT2D eigenvalue weighted by molar-refractivity contribution is 7.13. The van der Waals surface area contributed by atoms with Crippen LogP contribution >= 0.6 is 11.3 Å². The molecule has 5 fully saturated rings. The summed E-state index contributed by atoms with van der Waals surface area (Å²) in [6.07, 6.45) is 7.98. The Morgan fingerprint density at radius 1 is 0.939 bits per heavy atom. The van der Waals surface area contributed by atoms with Crippen LogP contribution in [0, 0.1) is 25.6 Å². The molecule has 2 saturated carbocycles. The van der Waals surface area contributed by atoms with E-state index < -0.39 is 30.1 Å². The number of nitrogens with one attached hydrogen (secondary N) is 3. The average molecular weight is 1130 g/mol. The summed E-state index contributed by atoms with van der Waals surface area (Å²) in [5.74, 6) is 0.0819. The lowest BCUT2D eigenvalue weighted by atomic mass is 9.88. The summed E-state index contributed by atoms with van der Waals surface area (Å²) in [6, 6.07) is 17.4. The van der Waals surface area contributed by atoms with E-state index in [-0.39, 0.29) is 74.0 Å². The van der Waals surface area contributed by atoms with Crippen molar-refractivity contribution >= 4 is 50.8 Å². The van der Waals surface area contributed by atoms with E-state index >= 15 is 4.39 Å². The molecule has 2 amide bonds. The second-order valence-electron chi connectivity index (χ2n) is 23.2. The van der Waals surface area contributed by atoms with Crippen molar-refractivity contribution in [1.29, 1.82) is 0 Å². The van der Waals surface area contributed by atoms with Gasteiger partial charge >= 0.3 is 6.01 Å². The normalized spacial score (nSPS) is 22.3. The van der Waals surface area contributed by atoms with Gasteiger partial charge in [-0.25, -0.2) is 14.1 Å². The number of amides is 2. The van der Waals surface area contributed by atoms with E-state index in [9.17, 15) is 19.8 Å². The largest absolute Gasteiger partial charge is 0.486 e. The van der Waals surface area contributed by atoms with Gasteiger partial charge in [-0.1, -0.05) is 67.6 Å². The molecule has 4 aromatic carbocycles. The maximum absolute atomic E-state index is 16.2. The van der Waals surface area contributed by atoms with Gasteiger partial charge in [0.2, 0.25) is 11.8 Å². The molecule has 5 aliphatic rings. The second-order valence-corrected chi connectivity index (χ2v) is 24.1. The van der Waals surface area contributed by atoms with Gasteiger partial charge in [-0.3, -0.25) is 14.7 Å². The smallest absolute Gasteiger partial charge is 0.319 e. The zero-order valence-corrected chi connectivity index (χ0v) is 47.3. The van der Waals surface area contributed by atoms with Crippen LogP contribution in [0.3, 0.4) is 0 Å². The molecule has 2 aliphatic carbocycles. The maximum Gasteiger partial charge on any atom is 0.319 e. The summed E-state index contributed by atoms with van der Waals surface area (Å²) in [7, 11) is 1.74. The van der Waals surface area contributed by atoms with Crippen LogP contribution in [-0.2, 0) is 20.9 Å². The van der Waals surface area contributed by atoms with Gasteiger partial charge in [-0.15, -0.1) is 16.4 Å². The number of β-amino-alcohol motifs (C(OH)–C–C–N with tert-alkyl or cyclic N) is 1. The van der Waals surface area contributed by atoms with Crippen molar-refractivity contribution in [3.8, 4) is 44.6 Å². The number of ether oxygens (including phenoxy) is 3. The fourth-order valence-electron chi connectivity index (χ4n) is 12.9. The van der Waals surface area contributed by atoms with Gasteiger partial charge in [0.05, 0.1) is 58.8 Å². The number of thiazole rings is 1. The molecule has 82 heavy (non-hydrogen) atoms. The Kier molecular flexibility index (Phi) is 14.5. The molecule has 21 heteroatoms. The second kappa shape index (κ2) is 22.0. The third kappa shape index (κ3) is 10.1. The van der Waals surface area contributed by atoms with Crippen LogP contribution < -0.4 is 25.0 Å². The zero-order valence-electron chi connectivity index (χ0n) is 46.5. The van der Waals surface area contributed by atoms with E-state index in [1.165, 1.54) is 15.6 Å². The highest BCUT2D eigenvalue weighted by Crippen LogP contribution is 2.54. The summed E-state index contributed by atoms with van der Waals surface area (Å²) in [5, 5.41) is 46.0. The standard InChI is InChI=1S/C61H67FN12O7S/c1-31(2)55(60(78)73-26-41(76)19-51(73)59(77)66-50(28-75)37-12-14-38(15-13-37)57-33(4)64-30-82-57)74-27-49(70-71-74)36-8-6-34(7-9-36)29-80-56-53(52-32(3)47(62)22-48-46(52)24-65-69-48)44(35-10-11-35)21-45-54(56)67-61(81-43-17-16-42(20-43)79-5)68-58(45)72-25-39-18-40(72)23-63-39/h6-9,12-15,21-22,24,27,30-31,35,39-43,50-51,55,63,75-76H,10-11,16-20,23,25-26,28-29H2,1-5H3,(H,65,69)(H,66,77)/t39-,40-,41+,42+,43+,50-,51-,55-/m0/s1. The first kappa shape index (κ1) is 53.9. The molecule has 0 spiro atoms. The van der Waals surface area contributed by atoms with Gasteiger partial charge in [0, 0.05) is 79.1 Å². The molecule has 19 nitrogen and oxygen atoms in total. The number of aromatic nitrogens is 8. The molecule has 8 aromatic rings. The molecule has 0 radical (unpaired) electrons. The number of nitrogens with zero attached hydrogens (tertiary/aromatic N) is 9. The number of aliphatic hydroxyl groups excluding tert-OH is 2. The first-order valence-corrected chi connectivity index (χ1v) is 29.4. The van der Waals surface area contributed by atoms with E-state index in [1.807, 2.05) is 76.2 Å². The predicted molar refractivity (Wildman–Crippen MR) is 308 cm³/mol. The number of aryl methyl sites for hydroxylation is 1. The molecule has 4 aromatic heterocycles. The number of rotatable bonds is 18. The number of aliphatic hydroxyl groups is 2. The first-order valence-electron chi connectivity index (χ1n) is 28.5. The minimum absolute atomic E-state index is 0.0363. The van der Waals surface area contributed by atoms with Crippen molar-refractivity contribution in [1.82, 2.24) is 55.7 Å². The van der Waals surface area contributed by atoms with Crippen LogP contribution in [0.5, 0.6) is 11.8 Å². The topological polar surface area (TPSA) is 231 Å². The number of halogens is 1. The number of fused-ring (bicyclic) bond motifs is 4. The summed E-state index contributed by atoms with van der Waals surface area (Å²) in [4.78, 5) is 48.4. The molecule has 5 N–H and O–H groups in total. The van der Waals surface area contributed by atoms with Gasteiger partial charge in [-0.05, 0) is 97.7 Å². The van der Waals surface area contributed by atoms with Gasteiger partial charge < -0.3 is 44.9 Å². The van der Waals surface area contributed by atoms with Crippen molar-refractivity contribution in [2.45, 2.75) is 134 Å². The minimum atomic E-state index is -0.979. The highest BCUT2D eigenvalue weighted by Gasteiger charge is 2.44. The number of methoxy groups -OCH3 is 1. The van der Waals surface area contributed by atoms with Crippen LogP contribution in [0.25, 0.3) is 54.6 Å². The van der Waals surface area contributed by atoms with Crippen molar-refractivity contribution in [3.63, 3.8) is 0 Å². The number of benzene rings is 4. The summed E-state index contributed by atoms with van der Waals surface area (Å²) in [5.41, 5.74) is 10.8. The van der Waals surface area contributed by atoms with Gasteiger partial charge in [0.15, 0.2) is 5.75 Å². The molecule has 2 bridgehead atoms. The molecule has 426 valence electrons. The van der Waals surface area contributed by atoms with Crippen molar-refractivity contribution in [2.75, 3.05) is 38.3 Å². The third-order valence-electron chi connectivity index (χ3n) is 17.4. The lowest BCUT2D eigenvalue weighted by Crippen LogP contribution is -2.50. The Balaban J connectivity index is 0.787. The molecule has 0 unspecified atom stereocenters. The average Bonchev–Trinajstić information content (AvgIpc) is 3.03. The number of likely N-dealkylation sites (tertiary alicyclic amines) is 1. The Labute approximate surface area is 477 Å². The Hall–Kier alpha value is -7.43. The van der Waals surface area contributed by atoms with Crippen molar-refractivity contribution in [3.05, 3.63) is 112 Å². The molecule has 7 heterocycles. The molecular weight excluding hydrogens is 1060 g/mol. The quantitative estimate of drug-likeness (QED) is 0.0544. The van der Waals surface area contributed by atoms with Crippen LogP contribution in [0.15, 0.2) is 78.6 Å². The molecule has 8 atom stereocenters. The lowest BCUT2D eigenvalue weighted by Gasteiger charge is -2.30.